The zero-order valence-electron chi connectivity index (χ0n) is 22.5. The summed E-state index contributed by atoms with van der Waals surface area (Å²) in [5.74, 6) is 0.442. The first-order valence-electron chi connectivity index (χ1n) is 13.9. The van der Waals surface area contributed by atoms with Crippen molar-refractivity contribution in [3.63, 3.8) is 0 Å². The Hall–Kier alpha value is -2.04. The molecular weight excluding hydrogens is 428 g/mol. The van der Waals surface area contributed by atoms with Crippen molar-refractivity contribution in [3.8, 4) is 0 Å². The highest BCUT2D eigenvalue weighted by Gasteiger charge is 2.47. The topological polar surface area (TPSA) is 58.5 Å². The highest BCUT2D eigenvalue weighted by atomic mass is 15.2. The molecule has 3 unspecified atom stereocenters. The summed E-state index contributed by atoms with van der Waals surface area (Å²) < 4.78 is 0. The summed E-state index contributed by atoms with van der Waals surface area (Å²) in [6.07, 6.45) is 7.23. The number of nitrogens with two attached hydrogens (primary N) is 2. The van der Waals surface area contributed by atoms with Crippen LogP contribution in [0, 0.1) is 0 Å². The van der Waals surface area contributed by atoms with Gasteiger partial charge in [-0.25, -0.2) is 0 Å². The lowest BCUT2D eigenvalue weighted by atomic mass is 9.59. The molecule has 2 aliphatic carbocycles. The number of anilines is 2. The number of nitrogens with zero attached hydrogens (tertiary/aromatic N) is 2. The van der Waals surface area contributed by atoms with Crippen LogP contribution in [0.3, 0.4) is 0 Å². The van der Waals surface area contributed by atoms with Crippen molar-refractivity contribution in [2.75, 3.05) is 31.6 Å². The first kappa shape index (κ1) is 23.4. The summed E-state index contributed by atoms with van der Waals surface area (Å²) in [6.45, 7) is 13.9. The largest absolute Gasteiger partial charge is 0.399 e. The van der Waals surface area contributed by atoms with Gasteiger partial charge in [0.15, 0.2) is 0 Å². The van der Waals surface area contributed by atoms with Crippen LogP contribution in [0.2, 0.25) is 0 Å². The minimum atomic E-state index is 0.126. The molecule has 2 aromatic carbocycles. The molecule has 2 heterocycles. The number of rotatable bonds is 3. The van der Waals surface area contributed by atoms with E-state index in [0.29, 0.717) is 17.4 Å². The van der Waals surface area contributed by atoms with Gasteiger partial charge in [0.1, 0.15) is 0 Å². The van der Waals surface area contributed by atoms with Gasteiger partial charge in [0, 0.05) is 54.4 Å². The van der Waals surface area contributed by atoms with E-state index in [1.165, 1.54) is 55.3 Å². The van der Waals surface area contributed by atoms with Crippen LogP contribution in [-0.4, -0.2) is 36.0 Å². The van der Waals surface area contributed by atoms with Crippen LogP contribution in [0.5, 0.6) is 0 Å². The quantitative estimate of drug-likeness (QED) is 0.580. The molecule has 0 spiro atoms. The highest BCUT2D eigenvalue weighted by Crippen LogP contribution is 2.54. The zero-order chi connectivity index (χ0) is 24.7. The third-order valence-corrected chi connectivity index (χ3v) is 10.1. The van der Waals surface area contributed by atoms with Crippen molar-refractivity contribution < 1.29 is 0 Å². The number of hydrogen-bond acceptors (Lipinski definition) is 4. The van der Waals surface area contributed by atoms with Crippen molar-refractivity contribution in [1.82, 2.24) is 9.80 Å². The van der Waals surface area contributed by atoms with Crippen LogP contribution in [0.1, 0.15) is 98.2 Å². The van der Waals surface area contributed by atoms with E-state index in [1.54, 1.807) is 22.3 Å². The standard InChI is InChI=1S/C31H44N4/c1-6-31-9-7-8-20-13-26(33)27(25(29(20)31)16-34(5)18-31)22-10-21-11-24(32)12-23-15-35(19(2)3)17-30(4,14-22)28(21)23/h11-13,19,22H,6-10,14-18,32-33H2,1-5H3. The maximum absolute atomic E-state index is 7.00. The second kappa shape index (κ2) is 7.98. The van der Waals surface area contributed by atoms with Gasteiger partial charge >= 0.3 is 0 Å². The molecule has 4 aliphatic rings. The second-order valence-corrected chi connectivity index (χ2v) is 12.9. The van der Waals surface area contributed by atoms with E-state index in [0.717, 1.165) is 37.4 Å². The molecule has 0 aromatic heterocycles. The smallest absolute Gasteiger partial charge is 0.0355 e. The van der Waals surface area contributed by atoms with E-state index in [-0.39, 0.29) is 5.41 Å². The minimum Gasteiger partial charge on any atom is -0.399 e. The van der Waals surface area contributed by atoms with E-state index < -0.39 is 0 Å². The molecule has 6 rings (SSSR count). The number of aryl methyl sites for hydroxylation is 1. The van der Waals surface area contributed by atoms with Gasteiger partial charge in [0.05, 0.1) is 0 Å². The van der Waals surface area contributed by atoms with Crippen LogP contribution >= 0.6 is 0 Å². The van der Waals surface area contributed by atoms with Gasteiger partial charge in [-0.3, -0.25) is 4.90 Å². The predicted molar refractivity (Wildman–Crippen MR) is 147 cm³/mol. The fourth-order valence-corrected chi connectivity index (χ4v) is 8.83. The molecule has 188 valence electrons. The number of likely N-dealkylation sites (N-methyl/N-ethyl adjacent to an activating group) is 1. The number of benzene rings is 2. The molecule has 0 bridgehead atoms. The van der Waals surface area contributed by atoms with Crippen molar-refractivity contribution in [2.45, 2.75) is 102 Å². The Morgan fingerprint density at radius 2 is 1.80 bits per heavy atom. The van der Waals surface area contributed by atoms with Crippen LogP contribution in [0.4, 0.5) is 11.4 Å². The van der Waals surface area contributed by atoms with Gasteiger partial charge in [0.25, 0.3) is 0 Å². The Labute approximate surface area is 212 Å². The van der Waals surface area contributed by atoms with E-state index in [4.69, 9.17) is 11.5 Å². The maximum atomic E-state index is 7.00. The molecule has 4 N–H and O–H groups in total. The fraction of sp³-hybridized carbons (Fsp3) is 0.613. The van der Waals surface area contributed by atoms with Gasteiger partial charge in [0.2, 0.25) is 0 Å². The van der Waals surface area contributed by atoms with Crippen LogP contribution in [0.25, 0.3) is 0 Å². The maximum Gasteiger partial charge on any atom is 0.0355 e. The zero-order valence-corrected chi connectivity index (χ0v) is 22.5. The molecular formula is C31H44N4. The molecule has 0 saturated carbocycles. The van der Waals surface area contributed by atoms with Gasteiger partial charge in [-0.15, -0.1) is 0 Å². The highest BCUT2D eigenvalue weighted by molar-refractivity contribution is 5.64. The second-order valence-electron chi connectivity index (χ2n) is 12.9. The molecule has 0 amide bonds. The predicted octanol–water partition coefficient (Wildman–Crippen LogP) is 5.49. The third kappa shape index (κ3) is 3.47. The molecule has 0 saturated heterocycles. The summed E-state index contributed by atoms with van der Waals surface area (Å²) in [6, 6.07) is 7.43. The lowest BCUT2D eigenvalue weighted by Crippen LogP contribution is -2.50. The molecule has 4 heteroatoms. The fourth-order valence-electron chi connectivity index (χ4n) is 8.83. The molecule has 2 aliphatic heterocycles. The summed E-state index contributed by atoms with van der Waals surface area (Å²) in [5, 5.41) is 0. The minimum absolute atomic E-state index is 0.126. The molecule has 35 heavy (non-hydrogen) atoms. The molecule has 0 fully saturated rings. The van der Waals surface area contributed by atoms with E-state index >= 15 is 0 Å². The Balaban J connectivity index is 1.52. The van der Waals surface area contributed by atoms with Gasteiger partial charge in [-0.2, -0.15) is 0 Å². The van der Waals surface area contributed by atoms with E-state index in [2.05, 4.69) is 62.7 Å². The Bertz CT molecular complexity index is 1180. The first-order chi connectivity index (χ1) is 16.6. The molecule has 0 radical (unpaired) electrons. The SMILES string of the molecule is CCC12CCCc3cc(N)c(C4Cc5cc(N)cc6c5C(C)(C4)CN(C(C)C)C6)c(c31)CN(C)C2. The van der Waals surface area contributed by atoms with Gasteiger partial charge in [-0.05, 0) is 122 Å². The summed E-state index contributed by atoms with van der Waals surface area (Å²) in [7, 11) is 2.31. The lowest BCUT2D eigenvalue weighted by molar-refractivity contribution is 0.131. The van der Waals surface area contributed by atoms with Gasteiger partial charge in [-0.1, -0.05) is 13.8 Å². The average Bonchev–Trinajstić information content (AvgIpc) is 2.77. The van der Waals surface area contributed by atoms with Crippen LogP contribution in [-0.2, 0) is 36.8 Å². The third-order valence-electron chi connectivity index (χ3n) is 10.1. The van der Waals surface area contributed by atoms with Crippen molar-refractivity contribution in [2.24, 2.45) is 0 Å². The summed E-state index contributed by atoms with van der Waals surface area (Å²) in [5.41, 5.74) is 26.6. The summed E-state index contributed by atoms with van der Waals surface area (Å²) in [4.78, 5) is 5.21. The molecule has 4 nitrogen and oxygen atoms in total. The monoisotopic (exact) mass is 472 g/mol. The molecule has 2 aromatic rings. The Kier molecular flexibility index (Phi) is 5.33. The van der Waals surface area contributed by atoms with Gasteiger partial charge < -0.3 is 16.4 Å². The molecule has 3 atom stereocenters. The van der Waals surface area contributed by atoms with Crippen LogP contribution in [0.15, 0.2) is 18.2 Å². The number of nitrogen functional groups attached to an aromatic ring is 2. The van der Waals surface area contributed by atoms with Crippen molar-refractivity contribution in [1.29, 1.82) is 0 Å². The van der Waals surface area contributed by atoms with Crippen molar-refractivity contribution in [3.05, 3.63) is 57.1 Å². The van der Waals surface area contributed by atoms with Crippen molar-refractivity contribution >= 4 is 11.4 Å². The van der Waals surface area contributed by atoms with E-state index in [1.807, 2.05) is 0 Å². The average molecular weight is 473 g/mol. The first-order valence-corrected chi connectivity index (χ1v) is 13.9. The van der Waals surface area contributed by atoms with E-state index in [9.17, 15) is 0 Å². The van der Waals surface area contributed by atoms with Crippen LogP contribution < -0.4 is 11.5 Å². The lowest BCUT2D eigenvalue weighted by Gasteiger charge is -2.51. The Morgan fingerprint density at radius 3 is 2.54 bits per heavy atom. The summed E-state index contributed by atoms with van der Waals surface area (Å²) >= 11 is 0. The number of hydrogen-bond donors (Lipinski definition) is 2. The normalized spacial score (nSPS) is 30.3. The Morgan fingerprint density at radius 1 is 1.03 bits per heavy atom.